The summed E-state index contributed by atoms with van der Waals surface area (Å²) in [6.45, 7) is 0.719. The fraction of sp³-hybridized carbons (Fsp3) is 0.417. The van der Waals surface area contributed by atoms with E-state index in [0.717, 1.165) is 6.07 Å². The molecular weight excluding hydrogens is 245 g/mol. The first-order valence-corrected chi connectivity index (χ1v) is 5.60. The highest BCUT2D eigenvalue weighted by molar-refractivity contribution is 5.96. The summed E-state index contributed by atoms with van der Waals surface area (Å²) in [7, 11) is 0. The van der Waals surface area contributed by atoms with E-state index in [0.29, 0.717) is 19.5 Å². The van der Waals surface area contributed by atoms with Crippen LogP contribution in [0.1, 0.15) is 22.3 Å². The van der Waals surface area contributed by atoms with Crippen LogP contribution in [0.3, 0.4) is 0 Å². The van der Waals surface area contributed by atoms with Gasteiger partial charge in [-0.05, 0) is 18.6 Å². The molecule has 3 nitrogen and oxygen atoms in total. The van der Waals surface area contributed by atoms with Crippen LogP contribution in [0.2, 0.25) is 0 Å². The lowest BCUT2D eigenvalue weighted by molar-refractivity contribution is -0.138. The van der Waals surface area contributed by atoms with Gasteiger partial charge in [0.25, 0.3) is 5.91 Å². The van der Waals surface area contributed by atoms with Crippen LogP contribution >= 0.6 is 0 Å². The van der Waals surface area contributed by atoms with Crippen molar-refractivity contribution in [3.63, 3.8) is 0 Å². The Balaban J connectivity index is 2.31. The Morgan fingerprint density at radius 3 is 2.56 bits per heavy atom. The predicted molar refractivity (Wildman–Crippen MR) is 59.9 cm³/mol. The van der Waals surface area contributed by atoms with Crippen LogP contribution in [0, 0.1) is 0 Å². The molecule has 1 heterocycles. The van der Waals surface area contributed by atoms with Gasteiger partial charge in [-0.15, -0.1) is 0 Å². The second-order valence-electron chi connectivity index (χ2n) is 4.34. The molecule has 98 valence electrons. The summed E-state index contributed by atoms with van der Waals surface area (Å²) >= 11 is 0. The summed E-state index contributed by atoms with van der Waals surface area (Å²) in [6.07, 6.45) is -3.89. The van der Waals surface area contributed by atoms with Crippen molar-refractivity contribution in [3.05, 3.63) is 35.4 Å². The zero-order valence-corrected chi connectivity index (χ0v) is 9.57. The molecule has 1 saturated heterocycles. The van der Waals surface area contributed by atoms with Gasteiger partial charge >= 0.3 is 6.18 Å². The van der Waals surface area contributed by atoms with Gasteiger partial charge in [0.15, 0.2) is 0 Å². The first-order chi connectivity index (χ1) is 8.39. The van der Waals surface area contributed by atoms with Crippen molar-refractivity contribution < 1.29 is 18.0 Å². The molecule has 6 heteroatoms. The minimum Gasteiger partial charge on any atom is -0.337 e. The first-order valence-electron chi connectivity index (χ1n) is 5.60. The maximum absolute atomic E-state index is 12.8. The van der Waals surface area contributed by atoms with Gasteiger partial charge in [-0.2, -0.15) is 13.2 Å². The van der Waals surface area contributed by atoms with E-state index in [1.165, 1.54) is 23.1 Å². The summed E-state index contributed by atoms with van der Waals surface area (Å²) in [5, 5.41) is 0. The van der Waals surface area contributed by atoms with Crippen molar-refractivity contribution in [2.24, 2.45) is 5.73 Å². The summed E-state index contributed by atoms with van der Waals surface area (Å²) < 4.78 is 38.3. The smallest absolute Gasteiger partial charge is 0.337 e. The number of carbonyl (C=O) groups is 1. The lowest BCUT2D eigenvalue weighted by atomic mass is 10.1. The Kier molecular flexibility index (Phi) is 3.30. The van der Waals surface area contributed by atoms with E-state index in [9.17, 15) is 18.0 Å². The lowest BCUT2D eigenvalue weighted by Crippen LogP contribution is -2.33. The molecule has 0 aromatic heterocycles. The number of halogens is 3. The summed E-state index contributed by atoms with van der Waals surface area (Å²) in [6, 6.07) is 4.68. The van der Waals surface area contributed by atoms with Gasteiger partial charge in [0.2, 0.25) is 0 Å². The maximum atomic E-state index is 12.8. The van der Waals surface area contributed by atoms with E-state index in [-0.39, 0.29) is 11.6 Å². The molecule has 0 radical (unpaired) electrons. The van der Waals surface area contributed by atoms with E-state index < -0.39 is 17.6 Å². The molecule has 18 heavy (non-hydrogen) atoms. The fourth-order valence-electron chi connectivity index (χ4n) is 2.06. The van der Waals surface area contributed by atoms with Gasteiger partial charge in [-0.25, -0.2) is 0 Å². The summed E-state index contributed by atoms with van der Waals surface area (Å²) in [5.74, 6) is -0.601. The second-order valence-corrected chi connectivity index (χ2v) is 4.34. The molecule has 0 bridgehead atoms. The Hall–Kier alpha value is -1.56. The van der Waals surface area contributed by atoms with Gasteiger partial charge in [0.1, 0.15) is 0 Å². The van der Waals surface area contributed by atoms with Gasteiger partial charge in [-0.3, -0.25) is 4.79 Å². The number of rotatable bonds is 1. The SMILES string of the molecule is NC1CCN(C(=O)c2ccccc2C(F)(F)F)C1. The number of carbonyl (C=O) groups excluding carboxylic acids is 1. The van der Waals surface area contributed by atoms with E-state index in [4.69, 9.17) is 5.73 Å². The van der Waals surface area contributed by atoms with Gasteiger partial charge in [-0.1, -0.05) is 12.1 Å². The quantitative estimate of drug-likeness (QED) is 0.836. The summed E-state index contributed by atoms with van der Waals surface area (Å²) in [4.78, 5) is 13.4. The average molecular weight is 258 g/mol. The average Bonchev–Trinajstić information content (AvgIpc) is 2.74. The number of nitrogens with zero attached hydrogens (tertiary/aromatic N) is 1. The van der Waals surface area contributed by atoms with Gasteiger partial charge in [0.05, 0.1) is 11.1 Å². The topological polar surface area (TPSA) is 46.3 Å². The minimum absolute atomic E-state index is 0.146. The molecule has 1 aliphatic heterocycles. The van der Waals surface area contributed by atoms with E-state index in [2.05, 4.69) is 0 Å². The van der Waals surface area contributed by atoms with Gasteiger partial charge in [0, 0.05) is 19.1 Å². The standard InChI is InChI=1S/C12H13F3N2O/c13-12(14,15)10-4-2-1-3-9(10)11(18)17-6-5-8(16)7-17/h1-4,8H,5-7,16H2. The Bertz CT molecular complexity index is 459. The highest BCUT2D eigenvalue weighted by atomic mass is 19.4. The molecule has 1 fully saturated rings. The molecule has 1 aliphatic rings. The third-order valence-corrected chi connectivity index (χ3v) is 2.97. The van der Waals surface area contributed by atoms with Crippen LogP contribution in [0.5, 0.6) is 0 Å². The molecule has 0 saturated carbocycles. The molecular formula is C12H13F3N2O. The van der Waals surface area contributed by atoms with Crippen LogP contribution in [-0.2, 0) is 6.18 Å². The number of alkyl halides is 3. The predicted octanol–water partition coefficient (Wildman–Crippen LogP) is 1.88. The molecule has 1 aromatic rings. The molecule has 0 spiro atoms. The highest BCUT2D eigenvalue weighted by Crippen LogP contribution is 2.32. The van der Waals surface area contributed by atoms with E-state index in [1.807, 2.05) is 0 Å². The third kappa shape index (κ3) is 2.48. The minimum atomic E-state index is -4.52. The number of nitrogens with two attached hydrogens (primary N) is 1. The largest absolute Gasteiger partial charge is 0.417 e. The van der Waals surface area contributed by atoms with Crippen molar-refractivity contribution in [2.45, 2.75) is 18.6 Å². The normalized spacial score (nSPS) is 20.2. The van der Waals surface area contributed by atoms with Crippen molar-refractivity contribution >= 4 is 5.91 Å². The second kappa shape index (κ2) is 4.61. The van der Waals surface area contributed by atoms with E-state index in [1.54, 1.807) is 0 Å². The maximum Gasteiger partial charge on any atom is 0.417 e. The molecule has 0 aliphatic carbocycles. The summed E-state index contributed by atoms with van der Waals surface area (Å²) in [5.41, 5.74) is 4.45. The van der Waals surface area contributed by atoms with Crippen LogP contribution in [0.25, 0.3) is 0 Å². The third-order valence-electron chi connectivity index (χ3n) is 2.97. The number of hydrogen-bond donors (Lipinski definition) is 1. The molecule has 2 rings (SSSR count). The highest BCUT2D eigenvalue weighted by Gasteiger charge is 2.36. The molecule has 1 amide bonds. The lowest BCUT2D eigenvalue weighted by Gasteiger charge is -2.19. The Labute approximate surface area is 102 Å². The number of benzene rings is 1. The van der Waals surface area contributed by atoms with Crippen molar-refractivity contribution in [3.8, 4) is 0 Å². The Morgan fingerprint density at radius 1 is 1.33 bits per heavy atom. The van der Waals surface area contributed by atoms with Crippen LogP contribution in [-0.4, -0.2) is 29.9 Å². The van der Waals surface area contributed by atoms with Crippen LogP contribution < -0.4 is 5.73 Å². The van der Waals surface area contributed by atoms with Crippen LogP contribution in [0.4, 0.5) is 13.2 Å². The molecule has 2 N–H and O–H groups in total. The zero-order valence-electron chi connectivity index (χ0n) is 9.57. The molecule has 1 unspecified atom stereocenters. The van der Waals surface area contributed by atoms with Crippen molar-refractivity contribution in [1.29, 1.82) is 0 Å². The number of likely N-dealkylation sites (tertiary alicyclic amines) is 1. The first kappa shape index (κ1) is 12.9. The van der Waals surface area contributed by atoms with Crippen molar-refractivity contribution in [2.75, 3.05) is 13.1 Å². The number of hydrogen-bond acceptors (Lipinski definition) is 2. The monoisotopic (exact) mass is 258 g/mol. The van der Waals surface area contributed by atoms with Crippen molar-refractivity contribution in [1.82, 2.24) is 4.90 Å². The molecule has 1 aromatic carbocycles. The van der Waals surface area contributed by atoms with Crippen LogP contribution in [0.15, 0.2) is 24.3 Å². The zero-order chi connectivity index (χ0) is 13.3. The Morgan fingerprint density at radius 2 is 2.00 bits per heavy atom. The molecule has 1 atom stereocenters. The van der Waals surface area contributed by atoms with E-state index >= 15 is 0 Å². The van der Waals surface area contributed by atoms with Gasteiger partial charge < -0.3 is 10.6 Å². The number of amides is 1. The fourth-order valence-corrected chi connectivity index (χ4v) is 2.06.